The topological polar surface area (TPSA) is 110 Å². The van der Waals surface area contributed by atoms with Crippen molar-refractivity contribution in [1.82, 2.24) is 0 Å². The molecule has 22 heavy (non-hydrogen) atoms. The van der Waals surface area contributed by atoms with E-state index in [-0.39, 0.29) is 23.4 Å². The van der Waals surface area contributed by atoms with Crippen molar-refractivity contribution in [3.8, 4) is 0 Å². The molecular formula is C14H18N2O6. The number of carbonyl (C=O) groups excluding carboxylic acids is 1. The van der Waals surface area contributed by atoms with E-state index in [9.17, 15) is 19.7 Å². The summed E-state index contributed by atoms with van der Waals surface area (Å²) < 4.78 is 4.58. The van der Waals surface area contributed by atoms with Crippen molar-refractivity contribution < 1.29 is 24.4 Å². The van der Waals surface area contributed by atoms with E-state index in [2.05, 4.69) is 4.74 Å². The van der Waals surface area contributed by atoms with Crippen molar-refractivity contribution >= 4 is 23.3 Å². The minimum Gasteiger partial charge on any atom is -0.480 e. The van der Waals surface area contributed by atoms with Crippen molar-refractivity contribution in [3.05, 3.63) is 33.4 Å². The standard InChI is InChI=1S/C14H18N2O6/c1-4-5-15(8-12(17)18)10-6-9(2)13(16(20)21)11(7-10)14(19)22-3/h6-7H,4-5,8H2,1-3H3,(H,17,18). The third kappa shape index (κ3) is 3.94. The van der Waals surface area contributed by atoms with Gasteiger partial charge in [-0.05, 0) is 25.5 Å². The number of nitro benzene ring substituents is 1. The predicted octanol–water partition coefficient (Wildman–Crippen LogP) is 1.99. The Bertz CT molecular complexity index is 599. The molecule has 0 amide bonds. The number of rotatable bonds is 7. The molecule has 0 saturated heterocycles. The van der Waals surface area contributed by atoms with Gasteiger partial charge in [-0.2, -0.15) is 0 Å². The molecule has 1 N–H and O–H groups in total. The molecule has 0 aliphatic carbocycles. The lowest BCUT2D eigenvalue weighted by Crippen LogP contribution is -2.30. The van der Waals surface area contributed by atoms with Gasteiger partial charge in [-0.25, -0.2) is 4.79 Å². The summed E-state index contributed by atoms with van der Waals surface area (Å²) >= 11 is 0. The Hall–Kier alpha value is -2.64. The highest BCUT2D eigenvalue weighted by atomic mass is 16.6. The smallest absolute Gasteiger partial charge is 0.344 e. The van der Waals surface area contributed by atoms with Crippen LogP contribution in [0.4, 0.5) is 11.4 Å². The first-order valence-electron chi connectivity index (χ1n) is 6.65. The van der Waals surface area contributed by atoms with Crippen molar-refractivity contribution in [2.24, 2.45) is 0 Å². The van der Waals surface area contributed by atoms with Crippen molar-refractivity contribution in [1.29, 1.82) is 0 Å². The first-order chi connectivity index (χ1) is 10.3. The first kappa shape index (κ1) is 17.4. The number of carboxylic acid groups (broad SMARTS) is 1. The van der Waals surface area contributed by atoms with E-state index in [0.717, 1.165) is 7.11 Å². The second kappa shape index (κ2) is 7.39. The molecule has 8 nitrogen and oxygen atoms in total. The highest BCUT2D eigenvalue weighted by molar-refractivity contribution is 5.96. The monoisotopic (exact) mass is 310 g/mol. The lowest BCUT2D eigenvalue weighted by molar-refractivity contribution is -0.385. The molecule has 0 bridgehead atoms. The van der Waals surface area contributed by atoms with Crippen molar-refractivity contribution in [2.75, 3.05) is 25.1 Å². The second-order valence-corrected chi connectivity index (χ2v) is 4.72. The summed E-state index contributed by atoms with van der Waals surface area (Å²) in [4.78, 5) is 34.8. The van der Waals surface area contributed by atoms with Crippen LogP contribution in [0.15, 0.2) is 12.1 Å². The molecule has 0 aliphatic heterocycles. The van der Waals surface area contributed by atoms with Crippen molar-refractivity contribution in [2.45, 2.75) is 20.3 Å². The van der Waals surface area contributed by atoms with Gasteiger partial charge in [0.2, 0.25) is 0 Å². The summed E-state index contributed by atoms with van der Waals surface area (Å²) in [6.07, 6.45) is 0.691. The number of benzene rings is 1. The molecule has 0 aliphatic rings. The average Bonchev–Trinajstić information content (AvgIpc) is 2.44. The molecule has 1 rings (SSSR count). The van der Waals surface area contributed by atoms with E-state index < -0.39 is 16.9 Å². The summed E-state index contributed by atoms with van der Waals surface area (Å²) in [5, 5.41) is 20.1. The van der Waals surface area contributed by atoms with E-state index in [1.807, 2.05) is 6.92 Å². The summed E-state index contributed by atoms with van der Waals surface area (Å²) in [5.41, 5.74) is 0.193. The number of anilines is 1. The number of carbonyl (C=O) groups is 2. The van der Waals surface area contributed by atoms with Crippen LogP contribution in [0.1, 0.15) is 29.3 Å². The lowest BCUT2D eigenvalue weighted by Gasteiger charge is -2.23. The van der Waals surface area contributed by atoms with E-state index in [4.69, 9.17) is 5.11 Å². The van der Waals surface area contributed by atoms with Gasteiger partial charge in [0.05, 0.1) is 12.0 Å². The molecule has 0 atom stereocenters. The van der Waals surface area contributed by atoms with Gasteiger partial charge in [0, 0.05) is 17.8 Å². The maximum absolute atomic E-state index is 11.8. The number of hydrogen-bond donors (Lipinski definition) is 1. The second-order valence-electron chi connectivity index (χ2n) is 4.72. The highest BCUT2D eigenvalue weighted by Crippen LogP contribution is 2.30. The molecule has 1 aromatic rings. The van der Waals surface area contributed by atoms with Gasteiger partial charge in [0.15, 0.2) is 0 Å². The number of nitrogens with zero attached hydrogens (tertiary/aromatic N) is 2. The van der Waals surface area contributed by atoms with Crippen LogP contribution in [-0.2, 0) is 9.53 Å². The maximum Gasteiger partial charge on any atom is 0.344 e. The van der Waals surface area contributed by atoms with Gasteiger partial charge >= 0.3 is 11.9 Å². The minimum atomic E-state index is -1.02. The quantitative estimate of drug-likeness (QED) is 0.466. The Morgan fingerprint density at radius 3 is 2.50 bits per heavy atom. The van der Waals surface area contributed by atoms with Crippen LogP contribution in [0, 0.1) is 17.0 Å². The lowest BCUT2D eigenvalue weighted by atomic mass is 10.1. The van der Waals surface area contributed by atoms with Gasteiger partial charge in [-0.15, -0.1) is 0 Å². The zero-order valence-corrected chi connectivity index (χ0v) is 12.7. The van der Waals surface area contributed by atoms with Crippen LogP contribution in [0.25, 0.3) is 0 Å². The number of aliphatic carboxylic acids is 1. The first-order valence-corrected chi connectivity index (χ1v) is 6.65. The highest BCUT2D eigenvalue weighted by Gasteiger charge is 2.26. The Balaban J connectivity index is 3.43. The van der Waals surface area contributed by atoms with Gasteiger partial charge in [0.1, 0.15) is 12.1 Å². The largest absolute Gasteiger partial charge is 0.480 e. The minimum absolute atomic E-state index is 0.186. The zero-order valence-electron chi connectivity index (χ0n) is 12.7. The molecule has 0 saturated carbocycles. The third-order valence-corrected chi connectivity index (χ3v) is 3.06. The fraction of sp³-hybridized carbons (Fsp3) is 0.429. The molecule has 8 heteroatoms. The number of hydrogen-bond acceptors (Lipinski definition) is 6. The van der Waals surface area contributed by atoms with Crippen molar-refractivity contribution in [3.63, 3.8) is 0 Å². The molecule has 120 valence electrons. The fourth-order valence-corrected chi connectivity index (χ4v) is 2.18. The SMILES string of the molecule is CCCN(CC(=O)O)c1cc(C)c([N+](=O)[O-])c(C(=O)OC)c1. The Labute approximate surface area is 127 Å². The van der Waals surface area contributed by atoms with Crippen LogP contribution in [0.3, 0.4) is 0 Å². The van der Waals surface area contributed by atoms with Crippen LogP contribution >= 0.6 is 0 Å². The summed E-state index contributed by atoms with van der Waals surface area (Å²) in [5.74, 6) is -1.85. The summed E-state index contributed by atoms with van der Waals surface area (Å²) in [7, 11) is 1.13. The van der Waals surface area contributed by atoms with Crippen LogP contribution in [0.2, 0.25) is 0 Å². The molecule has 0 aromatic heterocycles. The van der Waals surface area contributed by atoms with Gasteiger partial charge in [-0.1, -0.05) is 6.92 Å². The molecule has 0 radical (unpaired) electrons. The Morgan fingerprint density at radius 1 is 1.41 bits per heavy atom. The van der Waals surface area contributed by atoms with E-state index in [1.165, 1.54) is 19.1 Å². The molecule has 0 heterocycles. The molecule has 1 aromatic carbocycles. The van der Waals surface area contributed by atoms with Crippen LogP contribution in [-0.4, -0.2) is 42.2 Å². The van der Waals surface area contributed by atoms with Gasteiger partial charge in [-0.3, -0.25) is 14.9 Å². The third-order valence-electron chi connectivity index (χ3n) is 3.06. The number of aryl methyl sites for hydroxylation is 1. The Kier molecular flexibility index (Phi) is 5.85. The molecular weight excluding hydrogens is 292 g/mol. The van der Waals surface area contributed by atoms with Crippen LogP contribution in [0.5, 0.6) is 0 Å². The predicted molar refractivity (Wildman–Crippen MR) is 79.3 cm³/mol. The number of nitro groups is 1. The number of methoxy groups -OCH3 is 1. The Morgan fingerprint density at radius 2 is 2.05 bits per heavy atom. The normalized spacial score (nSPS) is 10.1. The van der Waals surface area contributed by atoms with Gasteiger partial charge in [0.25, 0.3) is 5.69 Å². The number of ether oxygens (including phenoxy) is 1. The van der Waals surface area contributed by atoms with Crippen LogP contribution < -0.4 is 4.90 Å². The maximum atomic E-state index is 11.8. The molecule has 0 fully saturated rings. The zero-order chi connectivity index (χ0) is 16.9. The average molecular weight is 310 g/mol. The summed E-state index contributed by atoms with van der Waals surface area (Å²) in [6, 6.07) is 2.80. The fourth-order valence-electron chi connectivity index (χ4n) is 2.18. The number of esters is 1. The van der Waals surface area contributed by atoms with E-state index in [0.29, 0.717) is 18.7 Å². The molecule has 0 unspecified atom stereocenters. The van der Waals surface area contributed by atoms with E-state index >= 15 is 0 Å². The molecule has 0 spiro atoms. The van der Waals surface area contributed by atoms with E-state index in [1.54, 1.807) is 4.90 Å². The number of carboxylic acids is 1. The van der Waals surface area contributed by atoms with Gasteiger partial charge < -0.3 is 14.7 Å². The summed E-state index contributed by atoms with van der Waals surface area (Å²) in [6.45, 7) is 3.57.